The number of carbonyl (C=O) groups is 1. The quantitative estimate of drug-likeness (QED) is 0.739. The molecular formula is C22H23FN4O2. The van der Waals surface area contributed by atoms with Gasteiger partial charge in [-0.15, -0.1) is 0 Å². The third-order valence-electron chi connectivity index (χ3n) is 6.15. The van der Waals surface area contributed by atoms with Crippen LogP contribution in [0, 0.1) is 5.82 Å². The first-order valence-electron chi connectivity index (χ1n) is 9.95. The van der Waals surface area contributed by atoms with Crippen molar-refractivity contribution in [2.24, 2.45) is 5.73 Å². The van der Waals surface area contributed by atoms with Crippen molar-refractivity contribution in [1.82, 2.24) is 14.7 Å². The minimum Gasteiger partial charge on any atom is -0.378 e. The van der Waals surface area contributed by atoms with Gasteiger partial charge < -0.3 is 10.5 Å². The van der Waals surface area contributed by atoms with Crippen molar-refractivity contribution in [3.8, 4) is 0 Å². The fourth-order valence-electron chi connectivity index (χ4n) is 4.79. The number of nitrogens with zero attached hydrogens (tertiary/aromatic N) is 3. The minimum atomic E-state index is -0.513. The molecule has 0 spiro atoms. The van der Waals surface area contributed by atoms with E-state index in [2.05, 4.69) is 10.00 Å². The zero-order chi connectivity index (χ0) is 20.0. The molecule has 2 unspecified atom stereocenters. The van der Waals surface area contributed by atoms with Gasteiger partial charge in [0.15, 0.2) is 5.69 Å². The Labute approximate surface area is 168 Å². The normalized spacial score (nSPS) is 24.7. The Morgan fingerprint density at radius 2 is 1.76 bits per heavy atom. The van der Waals surface area contributed by atoms with E-state index in [0.29, 0.717) is 31.0 Å². The van der Waals surface area contributed by atoms with Crippen LogP contribution in [0.5, 0.6) is 0 Å². The summed E-state index contributed by atoms with van der Waals surface area (Å²) in [6.45, 7) is 1.80. The molecule has 1 aromatic heterocycles. The molecule has 2 aliphatic rings. The molecule has 2 bridgehead atoms. The number of fused-ring (bicyclic) bond motifs is 3. The number of hydrogen-bond acceptors (Lipinski definition) is 4. The summed E-state index contributed by atoms with van der Waals surface area (Å²) < 4.78 is 22.0. The summed E-state index contributed by atoms with van der Waals surface area (Å²) in [6.07, 6.45) is 1.66. The summed E-state index contributed by atoms with van der Waals surface area (Å²) >= 11 is 0. The number of morpholine rings is 1. The number of piperidine rings is 1. The lowest BCUT2D eigenvalue weighted by Crippen LogP contribution is -2.56. The highest BCUT2D eigenvalue weighted by molar-refractivity contribution is 6.04. The Kier molecular flexibility index (Phi) is 4.56. The monoisotopic (exact) mass is 394 g/mol. The first-order chi connectivity index (χ1) is 14.1. The molecule has 29 heavy (non-hydrogen) atoms. The van der Waals surface area contributed by atoms with Gasteiger partial charge in [0.05, 0.1) is 24.8 Å². The van der Waals surface area contributed by atoms with Crippen LogP contribution in [-0.2, 0) is 11.3 Å². The fraction of sp³-hybridized carbons (Fsp3) is 0.364. The summed E-state index contributed by atoms with van der Waals surface area (Å²) in [5, 5.41) is 5.37. The van der Waals surface area contributed by atoms with E-state index in [-0.39, 0.29) is 23.9 Å². The Hall–Kier alpha value is -2.77. The third kappa shape index (κ3) is 3.20. The lowest BCUT2D eigenvalue weighted by atomic mass is 9.89. The molecule has 2 N–H and O–H groups in total. The maximum absolute atomic E-state index is 14.2. The highest BCUT2D eigenvalue weighted by Crippen LogP contribution is 2.37. The summed E-state index contributed by atoms with van der Waals surface area (Å²) in [5.74, 6) is -0.682. The molecular weight excluding hydrogens is 371 g/mol. The molecule has 6 nitrogen and oxygen atoms in total. The molecule has 3 heterocycles. The van der Waals surface area contributed by atoms with Gasteiger partial charge >= 0.3 is 0 Å². The number of benzene rings is 2. The molecule has 2 atom stereocenters. The summed E-state index contributed by atoms with van der Waals surface area (Å²) in [6, 6.07) is 15.1. The molecule has 2 aromatic carbocycles. The second kappa shape index (κ2) is 7.24. The van der Waals surface area contributed by atoms with Gasteiger partial charge in [-0.1, -0.05) is 36.4 Å². The number of hydrogen-bond donors (Lipinski definition) is 1. The lowest BCUT2D eigenvalue weighted by Gasteiger charge is -2.48. The molecule has 0 saturated carbocycles. The molecule has 3 aromatic rings. The van der Waals surface area contributed by atoms with E-state index in [9.17, 15) is 9.18 Å². The summed E-state index contributed by atoms with van der Waals surface area (Å²) in [4.78, 5) is 14.2. The number of amides is 1. The van der Waals surface area contributed by atoms with E-state index in [4.69, 9.17) is 10.5 Å². The fourth-order valence-corrected chi connectivity index (χ4v) is 4.79. The van der Waals surface area contributed by atoms with Crippen LogP contribution in [0.25, 0.3) is 10.9 Å². The predicted molar refractivity (Wildman–Crippen MR) is 107 cm³/mol. The number of aromatic nitrogens is 2. The highest BCUT2D eigenvalue weighted by atomic mass is 19.1. The number of primary amides is 1. The number of rotatable bonds is 4. The van der Waals surface area contributed by atoms with Crippen LogP contribution < -0.4 is 5.73 Å². The van der Waals surface area contributed by atoms with Gasteiger partial charge in [0.2, 0.25) is 0 Å². The predicted octanol–water partition coefficient (Wildman–Crippen LogP) is 2.88. The smallest absolute Gasteiger partial charge is 0.269 e. The maximum atomic E-state index is 14.2. The zero-order valence-corrected chi connectivity index (χ0v) is 16.0. The average molecular weight is 394 g/mol. The Morgan fingerprint density at radius 1 is 1.07 bits per heavy atom. The van der Waals surface area contributed by atoms with Crippen LogP contribution in [0.4, 0.5) is 4.39 Å². The second-order valence-corrected chi connectivity index (χ2v) is 7.91. The summed E-state index contributed by atoms with van der Waals surface area (Å²) in [7, 11) is 0. The third-order valence-corrected chi connectivity index (χ3v) is 6.15. The van der Waals surface area contributed by atoms with E-state index >= 15 is 0 Å². The van der Waals surface area contributed by atoms with Crippen LogP contribution in [0.2, 0.25) is 0 Å². The summed E-state index contributed by atoms with van der Waals surface area (Å²) in [5.41, 5.74) is 7.51. The van der Waals surface area contributed by atoms with Crippen LogP contribution in [-0.4, -0.2) is 45.9 Å². The Morgan fingerprint density at radius 3 is 2.48 bits per heavy atom. The van der Waals surface area contributed by atoms with E-state index in [0.717, 1.165) is 23.7 Å². The molecule has 0 aliphatic carbocycles. The molecule has 7 heteroatoms. The first-order valence-corrected chi connectivity index (χ1v) is 9.95. The Balaban J connectivity index is 1.45. The zero-order valence-electron chi connectivity index (χ0n) is 16.0. The van der Waals surface area contributed by atoms with Crippen molar-refractivity contribution in [2.75, 3.05) is 13.2 Å². The van der Waals surface area contributed by atoms with Crippen LogP contribution in [0.15, 0.2) is 48.5 Å². The van der Waals surface area contributed by atoms with Gasteiger partial charge in [-0.3, -0.25) is 14.4 Å². The van der Waals surface area contributed by atoms with Crippen molar-refractivity contribution >= 4 is 16.8 Å². The maximum Gasteiger partial charge on any atom is 0.269 e. The van der Waals surface area contributed by atoms with Gasteiger partial charge in [-0.25, -0.2) is 4.39 Å². The molecule has 150 valence electrons. The van der Waals surface area contributed by atoms with Crippen molar-refractivity contribution in [1.29, 1.82) is 0 Å². The minimum absolute atomic E-state index is 0.142. The number of para-hydroxylation sites is 1. The largest absolute Gasteiger partial charge is 0.378 e. The van der Waals surface area contributed by atoms with Crippen molar-refractivity contribution in [3.05, 3.63) is 65.6 Å². The molecule has 2 fully saturated rings. The van der Waals surface area contributed by atoms with E-state index in [1.807, 2.05) is 41.1 Å². The molecule has 2 aliphatic heterocycles. The van der Waals surface area contributed by atoms with Crippen molar-refractivity contribution in [2.45, 2.75) is 37.5 Å². The standard InChI is InChI=1S/C22H23FN4O2/c23-19-7-3-1-5-14(19)11-26-16-9-15(10-17(26)13-29-12-16)27-20-8-4-2-6-18(20)21(25-27)22(24)28/h1-8,15-17H,9-13H2,(H2,24,28). The van der Waals surface area contributed by atoms with Gasteiger partial charge in [0, 0.05) is 29.6 Å². The number of ether oxygens (including phenoxy) is 1. The van der Waals surface area contributed by atoms with Gasteiger partial charge in [-0.05, 0) is 25.0 Å². The highest BCUT2D eigenvalue weighted by Gasteiger charge is 2.40. The van der Waals surface area contributed by atoms with Gasteiger partial charge in [0.1, 0.15) is 5.82 Å². The second-order valence-electron chi connectivity index (χ2n) is 7.91. The number of carbonyl (C=O) groups excluding carboxylic acids is 1. The van der Waals surface area contributed by atoms with Crippen LogP contribution in [0.3, 0.4) is 0 Å². The first kappa shape index (κ1) is 18.3. The lowest BCUT2D eigenvalue weighted by molar-refractivity contribution is -0.0905. The van der Waals surface area contributed by atoms with Gasteiger partial charge in [-0.2, -0.15) is 5.10 Å². The van der Waals surface area contributed by atoms with Crippen LogP contribution in [0.1, 0.15) is 34.9 Å². The molecule has 1 amide bonds. The number of halogens is 1. The average Bonchev–Trinajstić information content (AvgIpc) is 3.09. The molecule has 0 radical (unpaired) electrons. The SMILES string of the molecule is NC(=O)c1nn(C2CC3COCC(C2)N3Cc2ccccc2F)c2ccccc12. The topological polar surface area (TPSA) is 73.4 Å². The van der Waals surface area contributed by atoms with Crippen molar-refractivity contribution < 1.29 is 13.9 Å². The van der Waals surface area contributed by atoms with E-state index in [1.54, 1.807) is 6.07 Å². The van der Waals surface area contributed by atoms with Gasteiger partial charge in [0.25, 0.3) is 5.91 Å². The van der Waals surface area contributed by atoms with E-state index < -0.39 is 5.91 Å². The molecule has 5 rings (SSSR count). The number of nitrogens with two attached hydrogens (primary N) is 1. The molecule has 2 saturated heterocycles. The Bertz CT molecular complexity index is 1050. The van der Waals surface area contributed by atoms with E-state index in [1.165, 1.54) is 6.07 Å². The van der Waals surface area contributed by atoms with Crippen LogP contribution >= 0.6 is 0 Å². The van der Waals surface area contributed by atoms with Crippen molar-refractivity contribution in [3.63, 3.8) is 0 Å².